The summed E-state index contributed by atoms with van der Waals surface area (Å²) in [5.41, 5.74) is 0. The molecule has 2 nitrogen and oxygen atoms in total. The summed E-state index contributed by atoms with van der Waals surface area (Å²) in [6.45, 7) is 4.76. The van der Waals surface area contributed by atoms with Gasteiger partial charge in [0.05, 0.1) is 0 Å². The third-order valence-corrected chi connectivity index (χ3v) is 0.537. The van der Waals surface area contributed by atoms with Gasteiger partial charge in [-0.1, -0.05) is 6.08 Å². The normalized spacial score (nSPS) is 9.75. The molecule has 0 heterocycles. The second-order valence-corrected chi connectivity index (χ2v) is 1.17. The van der Waals surface area contributed by atoms with Gasteiger partial charge in [0.15, 0.2) is 0 Å². The van der Waals surface area contributed by atoms with Gasteiger partial charge < -0.3 is 4.74 Å². The van der Waals surface area contributed by atoms with Crippen molar-refractivity contribution in [2.24, 2.45) is 0 Å². The summed E-state index contributed by atoms with van der Waals surface area (Å²) >= 11 is 0. The summed E-state index contributed by atoms with van der Waals surface area (Å²) in [6, 6.07) is 0. The fraction of sp³-hybridized carbons (Fsp3) is 0.333. The third kappa shape index (κ3) is 3.40. The summed E-state index contributed by atoms with van der Waals surface area (Å²) in [6.07, 6.45) is 2.99. The smallest absolute Gasteiger partial charge is 0.330 e. The number of allylic oxidation sites excluding steroid dienone is 1. The van der Waals surface area contributed by atoms with Gasteiger partial charge in [0.2, 0.25) is 0 Å². The quantitative estimate of drug-likeness (QED) is 0.398. The molecule has 0 aliphatic rings. The van der Waals surface area contributed by atoms with Crippen molar-refractivity contribution in [3.05, 3.63) is 18.8 Å². The molecule has 0 amide bonds. The Kier molecular flexibility index (Phi) is 3.94. The van der Waals surface area contributed by atoms with E-state index in [-0.39, 0.29) is 5.97 Å². The van der Waals surface area contributed by atoms with Crippen molar-refractivity contribution < 1.29 is 9.53 Å². The molecule has 0 aromatic heterocycles. The lowest BCUT2D eigenvalue weighted by atomic mass is 10.5. The molecule has 0 atom stereocenters. The fourth-order valence-corrected chi connectivity index (χ4v) is 0.292. The van der Waals surface area contributed by atoms with E-state index in [9.17, 15) is 4.79 Å². The monoisotopic (exact) mass is 113 g/mol. The van der Waals surface area contributed by atoms with Crippen molar-refractivity contribution in [1.29, 1.82) is 0 Å². The standard InChI is InChI=1S/C6H9O2/c1-3-5-6(7)8-4-2/h3-5H,1-2H3. The summed E-state index contributed by atoms with van der Waals surface area (Å²) in [5, 5.41) is 0. The molecule has 0 N–H and O–H groups in total. The van der Waals surface area contributed by atoms with Crippen molar-refractivity contribution in [3.8, 4) is 0 Å². The molecule has 0 fully saturated rings. The maximum absolute atomic E-state index is 10.3. The van der Waals surface area contributed by atoms with E-state index in [4.69, 9.17) is 0 Å². The van der Waals surface area contributed by atoms with Crippen LogP contribution in [-0.4, -0.2) is 5.97 Å². The lowest BCUT2D eigenvalue weighted by Crippen LogP contribution is -1.94. The van der Waals surface area contributed by atoms with Gasteiger partial charge in [-0.15, -0.1) is 0 Å². The number of hydrogen-bond acceptors (Lipinski definition) is 2. The van der Waals surface area contributed by atoms with Gasteiger partial charge in [0.1, 0.15) is 6.61 Å². The minimum absolute atomic E-state index is 0.324. The van der Waals surface area contributed by atoms with Crippen molar-refractivity contribution in [2.75, 3.05) is 0 Å². The fourth-order valence-electron chi connectivity index (χ4n) is 0.292. The van der Waals surface area contributed by atoms with Gasteiger partial charge in [0.25, 0.3) is 0 Å². The summed E-state index contributed by atoms with van der Waals surface area (Å²) in [5.74, 6) is -0.324. The average molecular weight is 113 g/mol. The van der Waals surface area contributed by atoms with Gasteiger partial charge in [-0.3, -0.25) is 0 Å². The topological polar surface area (TPSA) is 26.3 Å². The molecule has 0 aromatic rings. The maximum atomic E-state index is 10.3. The SMILES string of the molecule is C[CH]OC(=O)C=CC. The first-order chi connectivity index (χ1) is 3.81. The van der Waals surface area contributed by atoms with Crippen LogP contribution in [0.3, 0.4) is 0 Å². The van der Waals surface area contributed by atoms with Gasteiger partial charge in [-0.05, 0) is 13.8 Å². The zero-order chi connectivity index (χ0) is 6.41. The first-order valence-corrected chi connectivity index (χ1v) is 2.42. The Bertz CT molecular complexity index is 94.7. The van der Waals surface area contributed by atoms with Crippen molar-refractivity contribution >= 4 is 5.97 Å². The second kappa shape index (κ2) is 4.37. The van der Waals surface area contributed by atoms with Crippen molar-refractivity contribution in [1.82, 2.24) is 0 Å². The molecule has 1 radical (unpaired) electrons. The van der Waals surface area contributed by atoms with E-state index in [1.165, 1.54) is 12.7 Å². The third-order valence-electron chi connectivity index (χ3n) is 0.537. The zero-order valence-electron chi connectivity index (χ0n) is 5.05. The summed E-state index contributed by atoms with van der Waals surface area (Å²) in [7, 11) is 0. The van der Waals surface area contributed by atoms with Crippen molar-refractivity contribution in [3.63, 3.8) is 0 Å². The van der Waals surface area contributed by atoms with Crippen LogP contribution in [0.2, 0.25) is 0 Å². The molecule has 2 heteroatoms. The minimum atomic E-state index is -0.324. The Hall–Kier alpha value is -0.790. The molecule has 0 saturated carbocycles. The first-order valence-electron chi connectivity index (χ1n) is 2.42. The van der Waals surface area contributed by atoms with Crippen LogP contribution in [0.5, 0.6) is 0 Å². The molecule has 45 valence electrons. The van der Waals surface area contributed by atoms with E-state index in [2.05, 4.69) is 4.74 Å². The van der Waals surface area contributed by atoms with Crippen LogP contribution in [0.25, 0.3) is 0 Å². The predicted octanol–water partition coefficient (Wildman–Crippen LogP) is 1.29. The highest BCUT2D eigenvalue weighted by molar-refractivity contribution is 5.82. The molecule has 0 spiro atoms. The number of carbonyl (C=O) groups excluding carboxylic acids is 1. The number of esters is 1. The van der Waals surface area contributed by atoms with E-state index in [0.29, 0.717) is 0 Å². The maximum Gasteiger partial charge on any atom is 0.330 e. The summed E-state index contributed by atoms with van der Waals surface area (Å²) < 4.78 is 4.43. The predicted molar refractivity (Wildman–Crippen MR) is 30.9 cm³/mol. The molecule has 0 aromatic carbocycles. The van der Waals surface area contributed by atoms with E-state index >= 15 is 0 Å². The van der Waals surface area contributed by atoms with Gasteiger partial charge >= 0.3 is 5.97 Å². The Labute approximate surface area is 49.1 Å². The molecule has 0 rings (SSSR count). The lowest BCUT2D eigenvalue weighted by Gasteiger charge is -1.90. The van der Waals surface area contributed by atoms with Crippen LogP contribution in [0, 0.1) is 6.61 Å². The highest BCUT2D eigenvalue weighted by Gasteiger charge is 1.89. The Morgan fingerprint density at radius 2 is 2.12 bits per heavy atom. The van der Waals surface area contributed by atoms with E-state index < -0.39 is 0 Å². The number of rotatable bonds is 2. The molecule has 0 unspecified atom stereocenters. The van der Waals surface area contributed by atoms with Crippen LogP contribution in [0.4, 0.5) is 0 Å². The van der Waals surface area contributed by atoms with Gasteiger partial charge in [-0.2, -0.15) is 0 Å². The van der Waals surface area contributed by atoms with Crippen LogP contribution >= 0.6 is 0 Å². The van der Waals surface area contributed by atoms with Gasteiger partial charge in [0, 0.05) is 6.08 Å². The Balaban J connectivity index is 3.33. The van der Waals surface area contributed by atoms with Crippen LogP contribution in [0.15, 0.2) is 12.2 Å². The molecule has 8 heavy (non-hydrogen) atoms. The molecular formula is C6H9O2. The first kappa shape index (κ1) is 7.21. The number of ether oxygens (including phenoxy) is 1. The van der Waals surface area contributed by atoms with Crippen LogP contribution < -0.4 is 0 Å². The van der Waals surface area contributed by atoms with E-state index in [0.717, 1.165) is 0 Å². The number of carbonyl (C=O) groups is 1. The minimum Gasteiger partial charge on any atom is -0.456 e. The molecule has 0 aliphatic carbocycles. The second-order valence-electron chi connectivity index (χ2n) is 1.17. The molecule has 0 saturated heterocycles. The van der Waals surface area contributed by atoms with E-state index in [1.54, 1.807) is 19.9 Å². The van der Waals surface area contributed by atoms with E-state index in [1.807, 2.05) is 0 Å². The molecular weight excluding hydrogens is 104 g/mol. The van der Waals surface area contributed by atoms with Gasteiger partial charge in [-0.25, -0.2) is 4.79 Å². The van der Waals surface area contributed by atoms with Crippen LogP contribution in [0.1, 0.15) is 13.8 Å². The lowest BCUT2D eigenvalue weighted by molar-refractivity contribution is -0.134. The average Bonchev–Trinajstić information content (AvgIpc) is 1.68. The summed E-state index contributed by atoms with van der Waals surface area (Å²) in [4.78, 5) is 10.3. The largest absolute Gasteiger partial charge is 0.456 e. The molecule has 0 bridgehead atoms. The van der Waals surface area contributed by atoms with Crippen LogP contribution in [-0.2, 0) is 9.53 Å². The molecule has 0 aliphatic heterocycles. The zero-order valence-corrected chi connectivity index (χ0v) is 5.05. The Morgan fingerprint density at radius 3 is 2.50 bits per heavy atom. The van der Waals surface area contributed by atoms with Crippen molar-refractivity contribution in [2.45, 2.75) is 13.8 Å². The highest BCUT2D eigenvalue weighted by atomic mass is 16.5. The Morgan fingerprint density at radius 1 is 1.50 bits per heavy atom. The number of hydrogen-bond donors (Lipinski definition) is 0. The highest BCUT2D eigenvalue weighted by Crippen LogP contribution is 1.82.